The zero-order valence-electron chi connectivity index (χ0n) is 14.7. The fourth-order valence-corrected chi connectivity index (χ4v) is 3.61. The summed E-state index contributed by atoms with van der Waals surface area (Å²) in [6.07, 6.45) is 0. The lowest BCUT2D eigenvalue weighted by atomic mass is 10.2. The lowest BCUT2D eigenvalue weighted by Gasteiger charge is -2.30. The fraction of sp³-hybridized carbons (Fsp3) is 0.471. The molecular weight excluding hydrogens is 338 g/mol. The van der Waals surface area contributed by atoms with E-state index in [-0.39, 0.29) is 17.2 Å². The Balaban J connectivity index is 1.63. The van der Waals surface area contributed by atoms with Crippen LogP contribution in [0, 0.1) is 0 Å². The van der Waals surface area contributed by atoms with Crippen LogP contribution in [0.3, 0.4) is 0 Å². The van der Waals surface area contributed by atoms with Gasteiger partial charge >= 0.3 is 0 Å². The normalized spacial score (nSPS) is 19.6. The highest BCUT2D eigenvalue weighted by molar-refractivity contribution is 7.99. The second-order valence-electron chi connectivity index (χ2n) is 6.16. The van der Waals surface area contributed by atoms with Crippen molar-refractivity contribution in [3.63, 3.8) is 0 Å². The summed E-state index contributed by atoms with van der Waals surface area (Å²) in [5.41, 5.74) is 0.789. The predicted molar refractivity (Wildman–Crippen MR) is 97.6 cm³/mol. The van der Waals surface area contributed by atoms with Gasteiger partial charge < -0.3 is 15.2 Å². The average molecular weight is 361 g/mol. The summed E-state index contributed by atoms with van der Waals surface area (Å²) in [7, 11) is 2.08. The number of benzene rings is 1. The Bertz CT molecular complexity index is 718. The van der Waals surface area contributed by atoms with E-state index in [1.807, 2.05) is 31.2 Å². The van der Waals surface area contributed by atoms with E-state index in [4.69, 9.17) is 4.52 Å². The molecular formula is C17H23N5O2S. The van der Waals surface area contributed by atoms with Crippen LogP contribution in [0.5, 0.6) is 0 Å². The summed E-state index contributed by atoms with van der Waals surface area (Å²) in [5.74, 6) is 1.29. The van der Waals surface area contributed by atoms with E-state index in [2.05, 4.69) is 32.7 Å². The van der Waals surface area contributed by atoms with Gasteiger partial charge in [0.15, 0.2) is 5.82 Å². The number of rotatable bonds is 5. The van der Waals surface area contributed by atoms with Gasteiger partial charge in [0.05, 0.1) is 11.3 Å². The van der Waals surface area contributed by atoms with Gasteiger partial charge in [0.25, 0.3) is 0 Å². The number of piperazine rings is 1. The summed E-state index contributed by atoms with van der Waals surface area (Å²) in [5, 5.41) is 10.3. The van der Waals surface area contributed by atoms with Crippen molar-refractivity contribution in [1.82, 2.24) is 20.4 Å². The van der Waals surface area contributed by atoms with E-state index in [1.165, 1.54) is 6.92 Å². The van der Waals surface area contributed by atoms with Crippen LogP contribution in [-0.2, 0) is 4.79 Å². The summed E-state index contributed by atoms with van der Waals surface area (Å²) in [6, 6.07) is 7.88. The molecule has 1 amide bonds. The highest BCUT2D eigenvalue weighted by Crippen LogP contribution is 2.35. The van der Waals surface area contributed by atoms with Gasteiger partial charge in [0.2, 0.25) is 11.8 Å². The summed E-state index contributed by atoms with van der Waals surface area (Å²) < 4.78 is 5.48. The number of amides is 1. The van der Waals surface area contributed by atoms with Gasteiger partial charge in [-0.05, 0) is 38.2 Å². The highest BCUT2D eigenvalue weighted by Gasteiger charge is 2.26. The van der Waals surface area contributed by atoms with Crippen molar-refractivity contribution in [3.8, 4) is 0 Å². The van der Waals surface area contributed by atoms with Crippen LogP contribution in [0.2, 0.25) is 0 Å². The van der Waals surface area contributed by atoms with Crippen LogP contribution in [0.1, 0.15) is 36.9 Å². The SMILES string of the molecule is CC(=O)Nc1ccc(SC(C)c2nc(C3CNCCN3C)no2)cc1. The molecule has 1 aromatic heterocycles. The Morgan fingerprint density at radius 1 is 1.44 bits per heavy atom. The molecule has 0 bridgehead atoms. The predicted octanol–water partition coefficient (Wildman–Crippen LogP) is 2.46. The van der Waals surface area contributed by atoms with Gasteiger partial charge in [-0.3, -0.25) is 9.69 Å². The molecule has 134 valence electrons. The number of thioether (sulfide) groups is 1. The maximum Gasteiger partial charge on any atom is 0.239 e. The number of aromatic nitrogens is 2. The Labute approximate surface area is 151 Å². The highest BCUT2D eigenvalue weighted by atomic mass is 32.2. The molecule has 2 N–H and O–H groups in total. The van der Waals surface area contributed by atoms with E-state index < -0.39 is 0 Å². The molecule has 0 saturated carbocycles. The number of carbonyl (C=O) groups excluding carboxylic acids is 1. The first kappa shape index (κ1) is 17.9. The molecule has 1 aliphatic heterocycles. The molecule has 2 heterocycles. The number of likely N-dealkylation sites (N-methyl/N-ethyl adjacent to an activating group) is 1. The van der Waals surface area contributed by atoms with E-state index in [0.29, 0.717) is 5.89 Å². The standard InChI is InChI=1S/C17H23N5O2S/c1-11(25-14-6-4-13(5-7-14)19-12(2)23)17-20-16(21-24-17)15-10-18-8-9-22(15)3/h4-7,11,15,18H,8-10H2,1-3H3,(H,19,23). The van der Waals surface area contributed by atoms with Crippen molar-refractivity contribution in [2.45, 2.75) is 30.0 Å². The minimum Gasteiger partial charge on any atom is -0.338 e. The minimum absolute atomic E-state index is 0.0507. The Hall–Kier alpha value is -1.90. The number of carbonyl (C=O) groups is 1. The van der Waals surface area contributed by atoms with E-state index in [1.54, 1.807) is 11.8 Å². The molecule has 0 aliphatic carbocycles. The summed E-state index contributed by atoms with van der Waals surface area (Å²) in [6.45, 7) is 6.34. The average Bonchev–Trinajstić information content (AvgIpc) is 3.06. The lowest BCUT2D eigenvalue weighted by Crippen LogP contribution is -2.44. The van der Waals surface area contributed by atoms with Crippen LogP contribution in [0.25, 0.3) is 0 Å². The van der Waals surface area contributed by atoms with Crippen LogP contribution in [-0.4, -0.2) is 47.6 Å². The van der Waals surface area contributed by atoms with Crippen molar-refractivity contribution < 1.29 is 9.32 Å². The van der Waals surface area contributed by atoms with E-state index in [9.17, 15) is 4.79 Å². The molecule has 2 aromatic rings. The van der Waals surface area contributed by atoms with Crippen molar-refractivity contribution in [1.29, 1.82) is 0 Å². The van der Waals surface area contributed by atoms with Crippen molar-refractivity contribution in [2.24, 2.45) is 0 Å². The Kier molecular flexibility index (Phi) is 5.72. The van der Waals surface area contributed by atoms with Gasteiger partial charge in [-0.15, -0.1) is 11.8 Å². The largest absolute Gasteiger partial charge is 0.338 e. The topological polar surface area (TPSA) is 83.3 Å². The van der Waals surface area contributed by atoms with Crippen molar-refractivity contribution in [3.05, 3.63) is 36.0 Å². The first-order valence-corrected chi connectivity index (χ1v) is 9.19. The molecule has 1 saturated heterocycles. The third-order valence-electron chi connectivity index (χ3n) is 4.10. The Morgan fingerprint density at radius 3 is 2.88 bits per heavy atom. The number of hydrogen-bond donors (Lipinski definition) is 2. The van der Waals surface area contributed by atoms with Gasteiger partial charge in [0.1, 0.15) is 0 Å². The van der Waals surface area contributed by atoms with Crippen LogP contribution >= 0.6 is 11.8 Å². The zero-order chi connectivity index (χ0) is 17.8. The molecule has 0 spiro atoms. The maximum atomic E-state index is 11.1. The quantitative estimate of drug-likeness (QED) is 0.792. The van der Waals surface area contributed by atoms with Crippen LogP contribution in [0.15, 0.2) is 33.7 Å². The number of nitrogens with one attached hydrogen (secondary N) is 2. The van der Waals surface area contributed by atoms with Gasteiger partial charge in [-0.25, -0.2) is 0 Å². The molecule has 8 heteroatoms. The summed E-state index contributed by atoms with van der Waals surface area (Å²) >= 11 is 1.65. The third kappa shape index (κ3) is 4.59. The van der Waals surface area contributed by atoms with Crippen molar-refractivity contribution in [2.75, 3.05) is 32.0 Å². The van der Waals surface area contributed by atoms with Crippen molar-refractivity contribution >= 4 is 23.4 Å². The molecule has 1 fully saturated rings. The van der Waals surface area contributed by atoms with Gasteiger partial charge in [-0.2, -0.15) is 4.98 Å². The third-order valence-corrected chi connectivity index (χ3v) is 5.20. The molecule has 7 nitrogen and oxygen atoms in total. The monoisotopic (exact) mass is 361 g/mol. The molecule has 0 radical (unpaired) electrons. The zero-order valence-corrected chi connectivity index (χ0v) is 15.5. The second-order valence-corrected chi connectivity index (χ2v) is 7.57. The molecule has 25 heavy (non-hydrogen) atoms. The molecule has 1 aromatic carbocycles. The lowest BCUT2D eigenvalue weighted by molar-refractivity contribution is -0.114. The van der Waals surface area contributed by atoms with Gasteiger partial charge in [0, 0.05) is 37.1 Å². The number of hydrogen-bond acceptors (Lipinski definition) is 7. The molecule has 2 unspecified atom stereocenters. The summed E-state index contributed by atoms with van der Waals surface area (Å²) in [4.78, 5) is 19.0. The van der Waals surface area contributed by atoms with E-state index in [0.717, 1.165) is 36.0 Å². The van der Waals surface area contributed by atoms with Gasteiger partial charge in [-0.1, -0.05) is 5.16 Å². The van der Waals surface area contributed by atoms with E-state index >= 15 is 0 Å². The second kappa shape index (κ2) is 7.99. The first-order chi connectivity index (χ1) is 12.0. The van der Waals surface area contributed by atoms with Crippen LogP contribution < -0.4 is 10.6 Å². The molecule has 1 aliphatic rings. The maximum absolute atomic E-state index is 11.1. The minimum atomic E-state index is -0.0747. The first-order valence-electron chi connectivity index (χ1n) is 8.31. The smallest absolute Gasteiger partial charge is 0.239 e. The molecule has 3 rings (SSSR count). The molecule has 2 atom stereocenters. The number of anilines is 1. The fourth-order valence-electron chi connectivity index (χ4n) is 2.72. The number of nitrogens with zero attached hydrogens (tertiary/aromatic N) is 3. The Morgan fingerprint density at radius 2 is 2.20 bits per heavy atom. The van der Waals surface area contributed by atoms with Crippen LogP contribution in [0.4, 0.5) is 5.69 Å².